The van der Waals surface area contributed by atoms with E-state index >= 15 is 0 Å². The number of phenols is 1. The fourth-order valence-corrected chi connectivity index (χ4v) is 5.80. The highest BCUT2D eigenvalue weighted by Gasteiger charge is 2.60. The number of ketones is 2. The molecule has 0 aliphatic heterocycles. The van der Waals surface area contributed by atoms with Gasteiger partial charge in [-0.3, -0.25) is 14.4 Å². The van der Waals surface area contributed by atoms with Gasteiger partial charge < -0.3 is 30.7 Å². The molecule has 0 saturated heterocycles. The third kappa shape index (κ3) is 3.05. The molecule has 0 spiro atoms. The van der Waals surface area contributed by atoms with Crippen LogP contribution in [0.15, 0.2) is 27.5 Å². The van der Waals surface area contributed by atoms with Gasteiger partial charge in [-0.1, -0.05) is 19.0 Å². The number of aromatic nitrogens is 2. The summed E-state index contributed by atoms with van der Waals surface area (Å²) in [5.74, 6) is -6.38. The maximum Gasteiger partial charge on any atom is 0.261 e. The normalized spacial score (nSPS) is 25.7. The molecule has 3 aliphatic carbocycles. The monoisotopic (exact) mass is 495 g/mol. The van der Waals surface area contributed by atoms with Gasteiger partial charge in [0, 0.05) is 17.9 Å². The van der Waals surface area contributed by atoms with Crippen molar-refractivity contribution in [3.05, 3.63) is 45.5 Å². The number of carbonyl (C=O) groups excluding carboxylic acids is 3. The highest BCUT2D eigenvalue weighted by molar-refractivity contribution is 6.22. The Balaban J connectivity index is 1.75. The van der Waals surface area contributed by atoms with E-state index in [-0.39, 0.29) is 53.5 Å². The molecule has 11 nitrogen and oxygen atoms in total. The van der Waals surface area contributed by atoms with Crippen LogP contribution < -0.4 is 5.73 Å². The van der Waals surface area contributed by atoms with Gasteiger partial charge in [0.15, 0.2) is 17.2 Å². The van der Waals surface area contributed by atoms with E-state index in [2.05, 4.69) is 10.1 Å². The fraction of sp³-hybridized carbons (Fsp3) is 0.400. The minimum absolute atomic E-state index is 0.000756. The molecule has 1 aromatic carbocycles. The molecule has 1 amide bonds. The molecule has 0 unspecified atom stereocenters. The quantitative estimate of drug-likeness (QED) is 0.392. The van der Waals surface area contributed by atoms with Gasteiger partial charge in [0.2, 0.25) is 5.78 Å². The highest BCUT2D eigenvalue weighted by Crippen LogP contribution is 2.53. The van der Waals surface area contributed by atoms with Crippen molar-refractivity contribution >= 4 is 23.2 Å². The molecule has 0 radical (unpaired) electrons. The Morgan fingerprint density at radius 3 is 2.50 bits per heavy atom. The van der Waals surface area contributed by atoms with Gasteiger partial charge in [0.1, 0.15) is 22.8 Å². The molecule has 11 heteroatoms. The number of benzene rings is 1. The summed E-state index contributed by atoms with van der Waals surface area (Å²) in [7, 11) is 0. The number of hydrogen-bond acceptors (Lipinski definition) is 10. The number of aliphatic hydroxyl groups is 3. The van der Waals surface area contributed by atoms with Gasteiger partial charge in [-0.2, -0.15) is 4.98 Å². The molecule has 2 aromatic rings. The summed E-state index contributed by atoms with van der Waals surface area (Å²) in [4.78, 5) is 42.1. The van der Waals surface area contributed by atoms with Gasteiger partial charge >= 0.3 is 0 Å². The van der Waals surface area contributed by atoms with Crippen molar-refractivity contribution in [3.8, 4) is 17.2 Å². The largest absolute Gasteiger partial charge is 0.508 e. The Kier molecular flexibility index (Phi) is 5.11. The summed E-state index contributed by atoms with van der Waals surface area (Å²) in [6.07, 6.45) is -0.0515. The van der Waals surface area contributed by atoms with Crippen LogP contribution in [-0.2, 0) is 20.8 Å². The number of carbonyl (C=O) groups is 3. The van der Waals surface area contributed by atoms with E-state index in [1.807, 2.05) is 13.8 Å². The minimum Gasteiger partial charge on any atom is -0.508 e. The van der Waals surface area contributed by atoms with Crippen molar-refractivity contribution in [1.29, 1.82) is 0 Å². The average Bonchev–Trinajstić information content (AvgIpc) is 3.21. The zero-order valence-corrected chi connectivity index (χ0v) is 19.8. The number of nitrogens with two attached hydrogens (primary N) is 1. The zero-order valence-electron chi connectivity index (χ0n) is 19.8. The lowest BCUT2D eigenvalue weighted by atomic mass is 9.59. The van der Waals surface area contributed by atoms with Crippen LogP contribution in [0, 0.1) is 18.8 Å². The van der Waals surface area contributed by atoms with Crippen molar-refractivity contribution < 1.29 is 39.3 Å². The molecule has 3 aliphatic rings. The van der Waals surface area contributed by atoms with Gasteiger partial charge in [-0.05, 0) is 48.8 Å². The lowest BCUT2D eigenvalue weighted by Gasteiger charge is -2.46. The topological polar surface area (TPSA) is 197 Å². The second-order valence-electron chi connectivity index (χ2n) is 9.92. The number of aromatic hydroxyl groups is 1. The average molecular weight is 495 g/mol. The molecular weight excluding hydrogens is 470 g/mol. The standard InChI is InChI=1S/C25H25N3O8/c1-8(2)12-7-14(24-27-9(3)28-36-24)19(30)17-13(12)5-10-4-11-6-15(29)18(23(26)34)22(33)25(11,35)21(32)16(10)20(17)31/h7-8,10-11,30-31,33,35H,4-6H2,1-3H3,(H2,26,34)/t10-,11+,25+/m1/s1. The van der Waals surface area contributed by atoms with E-state index in [9.17, 15) is 34.8 Å². The van der Waals surface area contributed by atoms with Gasteiger partial charge in [-0.15, -0.1) is 0 Å². The van der Waals surface area contributed by atoms with Crippen molar-refractivity contribution in [2.24, 2.45) is 17.6 Å². The zero-order chi connectivity index (χ0) is 26.3. The predicted octanol–water partition coefficient (Wildman–Crippen LogP) is 1.91. The van der Waals surface area contributed by atoms with Crippen LogP contribution >= 0.6 is 0 Å². The molecule has 5 rings (SSSR count). The number of nitrogens with zero attached hydrogens (tertiary/aromatic N) is 2. The summed E-state index contributed by atoms with van der Waals surface area (Å²) in [5, 5.41) is 48.3. The molecule has 6 N–H and O–H groups in total. The molecular formula is C25H25N3O8. The number of aliphatic hydroxyl groups excluding tert-OH is 2. The maximum absolute atomic E-state index is 13.7. The number of amides is 1. The molecule has 188 valence electrons. The van der Waals surface area contributed by atoms with E-state index in [0.29, 0.717) is 11.4 Å². The first-order valence-electron chi connectivity index (χ1n) is 11.5. The Morgan fingerprint density at radius 1 is 1.22 bits per heavy atom. The molecule has 36 heavy (non-hydrogen) atoms. The first-order chi connectivity index (χ1) is 16.9. The van der Waals surface area contributed by atoms with Gasteiger partial charge in [-0.25, -0.2) is 0 Å². The SMILES string of the molecule is Cc1noc(-c2cc(C(C)C)c3c(c2O)C(O)=C2C(=O)[C@]4(O)C(O)=C(C(N)=O)C(=O)C[C@@H]4C[C@@H]2C3)n1. The second-order valence-corrected chi connectivity index (χ2v) is 9.92. The predicted molar refractivity (Wildman–Crippen MR) is 124 cm³/mol. The van der Waals surface area contributed by atoms with Crippen molar-refractivity contribution in [1.82, 2.24) is 10.1 Å². The number of phenolic OH excluding ortho intramolecular Hbond substituents is 1. The van der Waals surface area contributed by atoms with Gasteiger partial charge in [0.25, 0.3) is 11.8 Å². The van der Waals surface area contributed by atoms with Crippen molar-refractivity contribution in [3.63, 3.8) is 0 Å². The molecule has 1 fully saturated rings. The first kappa shape index (κ1) is 23.7. The summed E-state index contributed by atoms with van der Waals surface area (Å²) in [5.41, 5.74) is 3.17. The summed E-state index contributed by atoms with van der Waals surface area (Å²) >= 11 is 0. The van der Waals surface area contributed by atoms with Crippen LogP contribution in [0.3, 0.4) is 0 Å². The number of rotatable bonds is 3. The summed E-state index contributed by atoms with van der Waals surface area (Å²) < 4.78 is 5.22. The van der Waals surface area contributed by atoms with E-state index in [4.69, 9.17) is 10.3 Å². The highest BCUT2D eigenvalue weighted by atomic mass is 16.5. The fourth-order valence-electron chi connectivity index (χ4n) is 5.80. The molecule has 0 bridgehead atoms. The number of aryl methyl sites for hydroxylation is 1. The Labute approximate surface area is 204 Å². The lowest BCUT2D eigenvalue weighted by molar-refractivity contribution is -0.147. The molecule has 1 saturated carbocycles. The lowest BCUT2D eigenvalue weighted by Crippen LogP contribution is -2.58. The Hall–Kier alpha value is -3.99. The smallest absolute Gasteiger partial charge is 0.261 e. The van der Waals surface area contributed by atoms with Crippen LogP contribution in [0.2, 0.25) is 0 Å². The summed E-state index contributed by atoms with van der Waals surface area (Å²) in [6.45, 7) is 5.48. The first-order valence-corrected chi connectivity index (χ1v) is 11.5. The van der Waals surface area contributed by atoms with E-state index < -0.39 is 52.0 Å². The minimum atomic E-state index is -2.60. The molecule has 1 aromatic heterocycles. The third-order valence-corrected chi connectivity index (χ3v) is 7.48. The second kappa shape index (κ2) is 7.76. The van der Waals surface area contributed by atoms with Crippen molar-refractivity contribution in [2.45, 2.75) is 51.6 Å². The third-order valence-electron chi connectivity index (χ3n) is 7.48. The molecule has 3 atom stereocenters. The van der Waals surface area contributed by atoms with Crippen LogP contribution in [0.4, 0.5) is 0 Å². The van der Waals surface area contributed by atoms with E-state index in [1.165, 1.54) is 0 Å². The number of fused-ring (bicyclic) bond motifs is 3. The number of Topliss-reactive ketones (excluding diaryl/α,β-unsaturated/α-hetero) is 2. The van der Waals surface area contributed by atoms with Gasteiger partial charge in [0.05, 0.1) is 11.1 Å². The van der Waals surface area contributed by atoms with Crippen LogP contribution in [-0.4, -0.2) is 53.6 Å². The number of hydrogen-bond donors (Lipinski definition) is 5. The molecule has 1 heterocycles. The van der Waals surface area contributed by atoms with Crippen molar-refractivity contribution in [2.75, 3.05) is 0 Å². The summed E-state index contributed by atoms with van der Waals surface area (Å²) in [6, 6.07) is 1.71. The Morgan fingerprint density at radius 2 is 1.92 bits per heavy atom. The Bertz CT molecular complexity index is 1430. The van der Waals surface area contributed by atoms with E-state index in [1.54, 1.807) is 13.0 Å². The van der Waals surface area contributed by atoms with Crippen LogP contribution in [0.1, 0.15) is 55.1 Å². The van der Waals surface area contributed by atoms with Crippen LogP contribution in [0.25, 0.3) is 17.2 Å². The number of primary amides is 1. The van der Waals surface area contributed by atoms with Crippen LogP contribution in [0.5, 0.6) is 5.75 Å². The van der Waals surface area contributed by atoms with E-state index in [0.717, 1.165) is 5.56 Å². The maximum atomic E-state index is 13.7.